The van der Waals surface area contributed by atoms with Gasteiger partial charge in [-0.1, -0.05) is 0 Å². The number of nitrogens with one attached hydrogen (secondary N) is 1. The Morgan fingerprint density at radius 2 is 1.84 bits per heavy atom. The monoisotopic (exact) mass is 687 g/mol. The minimum atomic E-state index is -4.54. The summed E-state index contributed by atoms with van der Waals surface area (Å²) in [4.78, 5) is 22.9. The zero-order chi connectivity index (χ0) is 31.2. The summed E-state index contributed by atoms with van der Waals surface area (Å²) >= 11 is 5.34. The lowest BCUT2D eigenvalue weighted by Gasteiger charge is -2.37. The van der Waals surface area contributed by atoms with Gasteiger partial charge in [-0.3, -0.25) is 9.88 Å². The van der Waals surface area contributed by atoms with Gasteiger partial charge in [0.15, 0.2) is 0 Å². The molecule has 2 N–H and O–H groups in total. The molecule has 1 aromatic carbocycles. The van der Waals surface area contributed by atoms with Gasteiger partial charge < -0.3 is 25.0 Å². The van der Waals surface area contributed by atoms with Gasteiger partial charge in [0.05, 0.1) is 5.56 Å². The molecule has 1 amide bonds. The maximum Gasteiger partial charge on any atom is 0.418 e. The van der Waals surface area contributed by atoms with Gasteiger partial charge in [-0.2, -0.15) is 13.2 Å². The minimum absolute atomic E-state index is 0.0965. The fourth-order valence-corrected chi connectivity index (χ4v) is 6.93. The van der Waals surface area contributed by atoms with Crippen LogP contribution in [-0.4, -0.2) is 89.4 Å². The Morgan fingerprint density at radius 1 is 1.14 bits per heavy atom. The zero-order valence-corrected chi connectivity index (χ0v) is 27.3. The second-order valence-electron chi connectivity index (χ2n) is 12.0. The molecule has 2 aliphatic heterocycles. The lowest BCUT2D eigenvalue weighted by Crippen LogP contribution is -2.50. The Hall–Kier alpha value is -2.22. The van der Waals surface area contributed by atoms with E-state index in [0.29, 0.717) is 24.6 Å². The van der Waals surface area contributed by atoms with Crippen molar-refractivity contribution in [3.05, 3.63) is 46.7 Å². The molecule has 4 rings (SSSR count). The summed E-state index contributed by atoms with van der Waals surface area (Å²) in [5.74, 6) is 1.57. The zero-order valence-electron chi connectivity index (χ0n) is 24.9. The first-order valence-corrected chi connectivity index (χ1v) is 16.4. The number of aliphatic hydroxyl groups excluding tert-OH is 1. The molecule has 2 saturated heterocycles. The molecule has 2 fully saturated rings. The number of hydrogen-bond acceptors (Lipinski definition) is 8. The fraction of sp³-hybridized carbons (Fsp3) is 0.600. The molecular formula is C30H41BrF3N5O3S. The van der Waals surface area contributed by atoms with Gasteiger partial charge in [0.2, 0.25) is 0 Å². The van der Waals surface area contributed by atoms with E-state index in [9.17, 15) is 23.1 Å². The normalized spacial score (nSPS) is 18.0. The van der Waals surface area contributed by atoms with Crippen molar-refractivity contribution in [1.29, 1.82) is 0 Å². The lowest BCUT2D eigenvalue weighted by atomic mass is 9.98. The molecule has 43 heavy (non-hydrogen) atoms. The average Bonchev–Trinajstić information content (AvgIpc) is 2.96. The number of carbonyl (C=O) groups excluding carboxylic acids is 1. The van der Waals surface area contributed by atoms with E-state index in [4.69, 9.17) is 4.74 Å². The van der Waals surface area contributed by atoms with E-state index in [1.807, 2.05) is 22.7 Å². The van der Waals surface area contributed by atoms with Crippen LogP contribution in [0.5, 0.6) is 0 Å². The van der Waals surface area contributed by atoms with E-state index in [1.165, 1.54) is 15.9 Å². The van der Waals surface area contributed by atoms with Crippen LogP contribution in [0.1, 0.15) is 45.6 Å². The number of rotatable bonds is 9. The molecule has 8 nitrogen and oxygen atoms in total. The van der Waals surface area contributed by atoms with Crippen molar-refractivity contribution in [3.63, 3.8) is 0 Å². The number of nitrogens with zero attached hydrogens (tertiary/aromatic N) is 4. The summed E-state index contributed by atoms with van der Waals surface area (Å²) in [7, 11) is 0. The third-order valence-electron chi connectivity index (χ3n) is 7.59. The van der Waals surface area contributed by atoms with Crippen LogP contribution in [0.2, 0.25) is 0 Å². The number of ether oxygens (including phenoxy) is 1. The molecule has 13 heteroatoms. The van der Waals surface area contributed by atoms with E-state index in [2.05, 4.69) is 26.2 Å². The van der Waals surface area contributed by atoms with Gasteiger partial charge in [0, 0.05) is 91.1 Å². The van der Waals surface area contributed by atoms with Crippen LogP contribution in [0.15, 0.2) is 46.0 Å². The summed E-state index contributed by atoms with van der Waals surface area (Å²) in [5.41, 5.74) is -0.901. The molecule has 1 atom stereocenters. The second-order valence-corrected chi connectivity index (χ2v) is 13.9. The van der Waals surface area contributed by atoms with Crippen molar-refractivity contribution in [3.8, 4) is 0 Å². The number of halogens is 4. The van der Waals surface area contributed by atoms with E-state index < -0.39 is 29.7 Å². The standard InChI is InChI=1S/C30H41BrF3N5O3S/c1-29(2,3)42-28(41)39-16-14-37(15-17-39)25-5-4-22(18-23(25)30(32,33)34)36-11-7-27(40)38-12-8-21(9-13-38)20-43-26-6-10-35-19-24(26)31/h4-6,10,18-19,21,27,36,40H,7-9,11-17,20H2,1-3H3. The Kier molecular flexibility index (Phi) is 11.5. The molecule has 3 heterocycles. The van der Waals surface area contributed by atoms with Gasteiger partial charge in [-0.05, 0) is 79.7 Å². The number of aliphatic hydroxyl groups is 1. The molecule has 1 unspecified atom stereocenters. The van der Waals surface area contributed by atoms with Gasteiger partial charge in [0.25, 0.3) is 0 Å². The molecular weight excluding hydrogens is 647 g/mol. The summed E-state index contributed by atoms with van der Waals surface area (Å²) in [6.45, 7) is 8.37. The number of piperazine rings is 1. The Labute approximate surface area is 264 Å². The number of likely N-dealkylation sites (tertiary alicyclic amines) is 1. The largest absolute Gasteiger partial charge is 0.444 e. The first-order chi connectivity index (χ1) is 20.3. The highest BCUT2D eigenvalue weighted by Crippen LogP contribution is 2.39. The van der Waals surface area contributed by atoms with Gasteiger partial charge in [-0.15, -0.1) is 11.8 Å². The summed E-state index contributed by atoms with van der Waals surface area (Å²) in [6, 6.07) is 6.26. The van der Waals surface area contributed by atoms with Gasteiger partial charge >= 0.3 is 12.3 Å². The summed E-state index contributed by atoms with van der Waals surface area (Å²) in [6.07, 6.45) is 0.316. The number of hydrogen-bond donors (Lipinski definition) is 2. The second kappa shape index (κ2) is 14.7. The fourth-order valence-electron chi connectivity index (χ4n) is 5.24. The highest BCUT2D eigenvalue weighted by Gasteiger charge is 2.36. The molecule has 0 radical (unpaired) electrons. The smallest absolute Gasteiger partial charge is 0.418 e. The summed E-state index contributed by atoms with van der Waals surface area (Å²) < 4.78 is 48.6. The van der Waals surface area contributed by atoms with Crippen LogP contribution in [-0.2, 0) is 10.9 Å². The van der Waals surface area contributed by atoms with Crippen molar-refractivity contribution in [2.24, 2.45) is 5.92 Å². The van der Waals surface area contributed by atoms with Crippen LogP contribution >= 0.6 is 27.7 Å². The number of carbonyl (C=O) groups is 1. The molecule has 0 saturated carbocycles. The molecule has 0 bridgehead atoms. The number of thioether (sulfide) groups is 1. The maximum absolute atomic E-state index is 14.1. The van der Waals surface area contributed by atoms with E-state index in [0.717, 1.165) is 42.2 Å². The van der Waals surface area contributed by atoms with E-state index in [1.54, 1.807) is 44.1 Å². The van der Waals surface area contributed by atoms with Crippen LogP contribution in [0.25, 0.3) is 0 Å². The van der Waals surface area contributed by atoms with Crippen LogP contribution < -0.4 is 10.2 Å². The molecule has 1 aromatic heterocycles. The number of amides is 1. The van der Waals surface area contributed by atoms with Crippen molar-refractivity contribution in [1.82, 2.24) is 14.8 Å². The first kappa shape index (κ1) is 33.7. The minimum Gasteiger partial charge on any atom is -0.444 e. The van der Waals surface area contributed by atoms with Crippen molar-refractivity contribution >= 4 is 45.2 Å². The number of benzene rings is 1. The Bertz CT molecular complexity index is 1220. The quantitative estimate of drug-likeness (QED) is 0.288. The van der Waals surface area contributed by atoms with Crippen LogP contribution in [0, 0.1) is 5.92 Å². The molecule has 2 aromatic rings. The van der Waals surface area contributed by atoms with Crippen molar-refractivity contribution in [2.45, 2.75) is 62.9 Å². The third kappa shape index (κ3) is 9.89. The number of aromatic nitrogens is 1. The lowest BCUT2D eigenvalue weighted by molar-refractivity contribution is -0.137. The third-order valence-corrected chi connectivity index (χ3v) is 9.79. The predicted octanol–water partition coefficient (Wildman–Crippen LogP) is 6.54. The molecule has 2 aliphatic rings. The Morgan fingerprint density at radius 3 is 2.47 bits per heavy atom. The highest BCUT2D eigenvalue weighted by atomic mass is 79.9. The Balaban J connectivity index is 1.24. The highest BCUT2D eigenvalue weighted by molar-refractivity contribution is 9.10. The van der Waals surface area contributed by atoms with Crippen LogP contribution in [0.4, 0.5) is 29.3 Å². The maximum atomic E-state index is 14.1. The number of anilines is 2. The van der Waals surface area contributed by atoms with E-state index in [-0.39, 0.29) is 31.9 Å². The summed E-state index contributed by atoms with van der Waals surface area (Å²) in [5, 5.41) is 13.8. The van der Waals surface area contributed by atoms with Crippen molar-refractivity contribution < 1.29 is 27.8 Å². The SMILES string of the molecule is CC(C)(C)OC(=O)N1CCN(c2ccc(NCCC(O)N3CCC(CSc4ccncc4Br)CC3)cc2C(F)(F)F)CC1. The molecule has 238 valence electrons. The number of piperidine rings is 1. The topological polar surface area (TPSA) is 81.2 Å². The average molecular weight is 689 g/mol. The van der Waals surface area contributed by atoms with Crippen molar-refractivity contribution in [2.75, 3.05) is 61.8 Å². The molecule has 0 aliphatic carbocycles. The number of pyridine rings is 1. The first-order valence-electron chi connectivity index (χ1n) is 14.6. The van der Waals surface area contributed by atoms with Gasteiger partial charge in [-0.25, -0.2) is 4.79 Å². The number of alkyl halides is 3. The van der Waals surface area contributed by atoms with Crippen LogP contribution in [0.3, 0.4) is 0 Å². The van der Waals surface area contributed by atoms with Gasteiger partial charge in [0.1, 0.15) is 11.8 Å². The predicted molar refractivity (Wildman–Crippen MR) is 168 cm³/mol. The molecule has 0 spiro atoms. The van der Waals surface area contributed by atoms with E-state index >= 15 is 0 Å².